The Morgan fingerprint density at radius 3 is 2.83 bits per heavy atom. The number of aliphatic hydroxyl groups is 1. The molecule has 5 heteroatoms. The highest BCUT2D eigenvalue weighted by Crippen LogP contribution is 2.28. The number of nitrogens with zero attached hydrogens (tertiary/aromatic N) is 2. The molecule has 23 heavy (non-hydrogen) atoms. The van der Waals surface area contributed by atoms with Crippen molar-refractivity contribution in [2.45, 2.75) is 51.8 Å². The van der Waals surface area contributed by atoms with Crippen molar-refractivity contribution >= 4 is 11.6 Å². The molecule has 1 aliphatic heterocycles. The van der Waals surface area contributed by atoms with Crippen LogP contribution in [0, 0.1) is 6.92 Å². The zero-order valence-electron chi connectivity index (χ0n) is 13.6. The molecule has 1 aromatic heterocycles. The maximum atomic E-state index is 9.64. The summed E-state index contributed by atoms with van der Waals surface area (Å²) in [7, 11) is 0. The second-order valence-electron chi connectivity index (χ2n) is 6.38. The number of likely N-dealkylation sites (tertiary alicyclic amines) is 1. The van der Waals surface area contributed by atoms with Gasteiger partial charge in [-0.15, -0.1) is 0 Å². The van der Waals surface area contributed by atoms with Crippen LogP contribution >= 0.6 is 11.6 Å². The molecule has 3 rings (SSSR count). The summed E-state index contributed by atoms with van der Waals surface area (Å²) in [4.78, 5) is 6.95. The molecule has 2 aromatic rings. The smallest absolute Gasteiger partial charge is 0.209 e. The lowest BCUT2D eigenvalue weighted by Crippen LogP contribution is -2.31. The van der Waals surface area contributed by atoms with Crippen molar-refractivity contribution in [3.05, 3.63) is 40.9 Å². The van der Waals surface area contributed by atoms with Gasteiger partial charge < -0.3 is 9.52 Å². The van der Waals surface area contributed by atoms with Crippen molar-refractivity contribution in [3.63, 3.8) is 0 Å². The van der Waals surface area contributed by atoms with Crippen LogP contribution in [0.1, 0.15) is 37.8 Å². The third kappa shape index (κ3) is 3.94. The molecule has 4 nitrogen and oxygen atoms in total. The van der Waals surface area contributed by atoms with Crippen LogP contribution in [-0.2, 0) is 6.54 Å². The zero-order chi connectivity index (χ0) is 16.4. The van der Waals surface area contributed by atoms with Crippen LogP contribution in [-0.4, -0.2) is 33.7 Å². The standard InChI is InChI=1S/C18H23ClN2O2/c1-12(22)10-16-4-3-9-21(16)11-17-20-13(2)18(23-17)14-5-7-15(19)8-6-14/h5-8,12,16,22H,3-4,9-11H2,1-2H3. The molecule has 0 aliphatic carbocycles. The third-order valence-electron chi connectivity index (χ3n) is 4.40. The first kappa shape index (κ1) is 16.5. The number of benzene rings is 1. The number of halogens is 1. The number of aryl methyl sites for hydroxylation is 1. The molecule has 0 bridgehead atoms. The van der Waals surface area contributed by atoms with Gasteiger partial charge in [-0.3, -0.25) is 4.90 Å². The molecule has 1 N–H and O–H groups in total. The highest BCUT2D eigenvalue weighted by atomic mass is 35.5. The van der Waals surface area contributed by atoms with E-state index >= 15 is 0 Å². The van der Waals surface area contributed by atoms with E-state index in [9.17, 15) is 5.11 Å². The van der Waals surface area contributed by atoms with Crippen LogP contribution in [0.25, 0.3) is 11.3 Å². The monoisotopic (exact) mass is 334 g/mol. The highest BCUT2D eigenvalue weighted by Gasteiger charge is 2.27. The van der Waals surface area contributed by atoms with Crippen LogP contribution in [0.15, 0.2) is 28.7 Å². The molecule has 1 aliphatic rings. The summed E-state index contributed by atoms with van der Waals surface area (Å²) in [5, 5.41) is 10.4. The summed E-state index contributed by atoms with van der Waals surface area (Å²) < 4.78 is 6.00. The number of aliphatic hydroxyl groups excluding tert-OH is 1. The Balaban J connectivity index is 1.74. The Morgan fingerprint density at radius 1 is 1.39 bits per heavy atom. The highest BCUT2D eigenvalue weighted by molar-refractivity contribution is 6.30. The van der Waals surface area contributed by atoms with Crippen LogP contribution in [0.2, 0.25) is 5.02 Å². The summed E-state index contributed by atoms with van der Waals surface area (Å²) in [6.45, 7) is 5.56. The summed E-state index contributed by atoms with van der Waals surface area (Å²) in [6.07, 6.45) is 2.84. The van der Waals surface area contributed by atoms with E-state index in [-0.39, 0.29) is 6.10 Å². The number of hydrogen-bond donors (Lipinski definition) is 1. The van der Waals surface area contributed by atoms with E-state index in [0.29, 0.717) is 17.6 Å². The fraction of sp³-hybridized carbons (Fsp3) is 0.500. The van der Waals surface area contributed by atoms with Gasteiger partial charge in [0.05, 0.1) is 18.3 Å². The van der Waals surface area contributed by atoms with Crippen molar-refractivity contribution in [1.82, 2.24) is 9.88 Å². The normalized spacial score (nSPS) is 20.1. The van der Waals surface area contributed by atoms with Gasteiger partial charge in [0, 0.05) is 16.6 Å². The van der Waals surface area contributed by atoms with Crippen molar-refractivity contribution in [3.8, 4) is 11.3 Å². The quantitative estimate of drug-likeness (QED) is 0.896. The molecular formula is C18H23ClN2O2. The predicted octanol–water partition coefficient (Wildman–Crippen LogP) is 4.04. The number of oxazole rings is 1. The molecule has 1 saturated heterocycles. The van der Waals surface area contributed by atoms with Crippen molar-refractivity contribution in [2.75, 3.05) is 6.54 Å². The van der Waals surface area contributed by atoms with E-state index in [4.69, 9.17) is 16.0 Å². The van der Waals surface area contributed by atoms with E-state index < -0.39 is 0 Å². The second kappa shape index (κ2) is 7.04. The lowest BCUT2D eigenvalue weighted by Gasteiger charge is -2.23. The topological polar surface area (TPSA) is 49.5 Å². The Labute approximate surface area is 142 Å². The van der Waals surface area contributed by atoms with Crippen LogP contribution in [0.3, 0.4) is 0 Å². The minimum atomic E-state index is -0.267. The molecule has 0 radical (unpaired) electrons. The first-order valence-corrected chi connectivity index (χ1v) is 8.55. The minimum Gasteiger partial charge on any atom is -0.439 e. The first-order chi connectivity index (χ1) is 11.0. The molecule has 0 saturated carbocycles. The van der Waals surface area contributed by atoms with Crippen molar-refractivity contribution in [2.24, 2.45) is 0 Å². The van der Waals surface area contributed by atoms with Gasteiger partial charge in [-0.2, -0.15) is 0 Å². The van der Waals surface area contributed by atoms with Gasteiger partial charge >= 0.3 is 0 Å². The fourth-order valence-corrected chi connectivity index (χ4v) is 3.45. The van der Waals surface area contributed by atoms with Crippen LogP contribution in [0.5, 0.6) is 0 Å². The molecule has 124 valence electrons. The van der Waals surface area contributed by atoms with Crippen molar-refractivity contribution in [1.29, 1.82) is 0 Å². The van der Waals surface area contributed by atoms with E-state index in [1.807, 2.05) is 38.1 Å². The Kier molecular flexibility index (Phi) is 5.05. The van der Waals surface area contributed by atoms with Gasteiger partial charge in [0.2, 0.25) is 5.89 Å². The summed E-state index contributed by atoms with van der Waals surface area (Å²) in [5.41, 5.74) is 1.89. The van der Waals surface area contributed by atoms with E-state index in [1.54, 1.807) is 0 Å². The maximum Gasteiger partial charge on any atom is 0.209 e. The molecular weight excluding hydrogens is 312 g/mol. The third-order valence-corrected chi connectivity index (χ3v) is 4.65. The number of rotatable bonds is 5. The Hall–Kier alpha value is -1.36. The Bertz CT molecular complexity index is 652. The van der Waals surface area contributed by atoms with Gasteiger partial charge in [0.25, 0.3) is 0 Å². The molecule has 1 fully saturated rings. The molecule has 2 atom stereocenters. The van der Waals surface area contributed by atoms with Crippen LogP contribution in [0.4, 0.5) is 0 Å². The maximum absolute atomic E-state index is 9.64. The summed E-state index contributed by atoms with van der Waals surface area (Å²) in [5.74, 6) is 1.55. The average Bonchev–Trinajstić information content (AvgIpc) is 3.07. The lowest BCUT2D eigenvalue weighted by molar-refractivity contribution is 0.126. The molecule has 0 spiro atoms. The average molecular weight is 335 g/mol. The predicted molar refractivity (Wildman–Crippen MR) is 91.4 cm³/mol. The van der Waals surface area contributed by atoms with E-state index in [2.05, 4.69) is 9.88 Å². The van der Waals surface area contributed by atoms with E-state index in [1.165, 1.54) is 6.42 Å². The van der Waals surface area contributed by atoms with E-state index in [0.717, 1.165) is 42.3 Å². The van der Waals surface area contributed by atoms with Gasteiger partial charge in [-0.25, -0.2) is 4.98 Å². The first-order valence-electron chi connectivity index (χ1n) is 8.17. The molecule has 1 aromatic carbocycles. The van der Waals surface area contributed by atoms with Gasteiger partial charge in [-0.05, 0) is 63.9 Å². The van der Waals surface area contributed by atoms with Gasteiger partial charge in [0.15, 0.2) is 5.76 Å². The molecule has 0 amide bonds. The summed E-state index contributed by atoms with van der Waals surface area (Å²) in [6, 6.07) is 8.04. The Morgan fingerprint density at radius 2 is 2.13 bits per heavy atom. The zero-order valence-corrected chi connectivity index (χ0v) is 14.4. The minimum absolute atomic E-state index is 0.267. The fourth-order valence-electron chi connectivity index (χ4n) is 3.33. The number of aromatic nitrogens is 1. The molecule has 2 unspecified atom stereocenters. The van der Waals surface area contributed by atoms with Gasteiger partial charge in [-0.1, -0.05) is 11.6 Å². The largest absolute Gasteiger partial charge is 0.439 e. The van der Waals surface area contributed by atoms with Crippen molar-refractivity contribution < 1.29 is 9.52 Å². The molecule has 2 heterocycles. The lowest BCUT2D eigenvalue weighted by atomic mass is 10.1. The SMILES string of the molecule is Cc1nc(CN2CCCC2CC(C)O)oc1-c1ccc(Cl)cc1. The van der Waals surface area contributed by atoms with Crippen LogP contribution < -0.4 is 0 Å². The number of hydrogen-bond acceptors (Lipinski definition) is 4. The van der Waals surface area contributed by atoms with Gasteiger partial charge in [0.1, 0.15) is 0 Å². The summed E-state index contributed by atoms with van der Waals surface area (Å²) >= 11 is 5.94. The second-order valence-corrected chi connectivity index (χ2v) is 6.82.